The molecule has 1 heterocycles. The van der Waals surface area contributed by atoms with Crippen LogP contribution in [0.2, 0.25) is 5.02 Å². The lowest BCUT2D eigenvalue weighted by Crippen LogP contribution is -2.33. The summed E-state index contributed by atoms with van der Waals surface area (Å²) in [4.78, 5) is 2.47. The molecule has 0 spiro atoms. The van der Waals surface area contributed by atoms with Crippen LogP contribution in [0.4, 0.5) is 5.69 Å². The lowest BCUT2D eigenvalue weighted by atomic mass is 10.2. The highest BCUT2D eigenvalue weighted by Gasteiger charge is 2.10. The first-order valence-electron chi connectivity index (χ1n) is 6.88. The molecule has 1 aromatic rings. The Balaban J connectivity index is 1.84. The van der Waals surface area contributed by atoms with Crippen molar-refractivity contribution in [2.75, 3.05) is 25.1 Å². The van der Waals surface area contributed by atoms with E-state index in [-0.39, 0.29) is 0 Å². The molecule has 0 saturated carbocycles. The van der Waals surface area contributed by atoms with Crippen LogP contribution in [0.25, 0.3) is 0 Å². The van der Waals surface area contributed by atoms with Crippen molar-refractivity contribution in [3.05, 3.63) is 40.6 Å². The van der Waals surface area contributed by atoms with Gasteiger partial charge in [0, 0.05) is 30.2 Å². The average Bonchev–Trinajstić information content (AvgIpc) is 2.42. The maximum Gasteiger partial charge on any atom is 0.0554 e. The largest absolute Gasteiger partial charge is 0.305 e. The van der Waals surface area contributed by atoms with Crippen LogP contribution in [0, 0.1) is 6.92 Å². The standard InChI is InChI=1S/C15H22ClN3/c1-3-8-19-9-6-13(7-10-19)17-18-14-5-4-12(2)15(16)11-14/h4-6,11,17-18H,3,7-10H2,1-2H3. The molecule has 1 aromatic carbocycles. The van der Waals surface area contributed by atoms with Crippen LogP contribution in [0.3, 0.4) is 0 Å². The van der Waals surface area contributed by atoms with Crippen LogP contribution >= 0.6 is 11.6 Å². The first-order chi connectivity index (χ1) is 9.19. The quantitative estimate of drug-likeness (QED) is 0.807. The van der Waals surface area contributed by atoms with Gasteiger partial charge in [0.1, 0.15) is 0 Å². The second-order valence-corrected chi connectivity index (χ2v) is 5.40. The number of aryl methyl sites for hydroxylation is 1. The van der Waals surface area contributed by atoms with Gasteiger partial charge in [-0.15, -0.1) is 0 Å². The SMILES string of the molecule is CCCN1CC=C(NNc2ccc(C)c(Cl)c2)CC1. The van der Waals surface area contributed by atoms with Crippen LogP contribution in [-0.2, 0) is 0 Å². The highest BCUT2D eigenvalue weighted by atomic mass is 35.5. The third kappa shape index (κ3) is 4.15. The fraction of sp³-hybridized carbons (Fsp3) is 0.467. The monoisotopic (exact) mass is 279 g/mol. The summed E-state index contributed by atoms with van der Waals surface area (Å²) < 4.78 is 0. The van der Waals surface area contributed by atoms with Crippen molar-refractivity contribution in [1.82, 2.24) is 10.3 Å². The van der Waals surface area contributed by atoms with Crippen molar-refractivity contribution in [3.63, 3.8) is 0 Å². The van der Waals surface area contributed by atoms with E-state index in [1.54, 1.807) is 0 Å². The van der Waals surface area contributed by atoms with Gasteiger partial charge in [0.25, 0.3) is 0 Å². The van der Waals surface area contributed by atoms with Crippen molar-refractivity contribution < 1.29 is 0 Å². The summed E-state index contributed by atoms with van der Waals surface area (Å²) in [7, 11) is 0. The first kappa shape index (κ1) is 14.2. The van der Waals surface area contributed by atoms with Crippen LogP contribution < -0.4 is 10.9 Å². The number of hydrogen-bond donors (Lipinski definition) is 2. The molecule has 104 valence electrons. The van der Waals surface area contributed by atoms with E-state index in [1.807, 2.05) is 25.1 Å². The molecule has 0 saturated heterocycles. The van der Waals surface area contributed by atoms with E-state index < -0.39 is 0 Å². The van der Waals surface area contributed by atoms with Crippen LogP contribution in [-0.4, -0.2) is 24.5 Å². The molecule has 1 aliphatic heterocycles. The topological polar surface area (TPSA) is 27.3 Å². The Hall–Kier alpha value is -1.19. The van der Waals surface area contributed by atoms with Gasteiger partial charge < -0.3 is 10.9 Å². The van der Waals surface area contributed by atoms with Gasteiger partial charge in [0.05, 0.1) is 5.69 Å². The molecule has 0 aromatic heterocycles. The highest BCUT2D eigenvalue weighted by molar-refractivity contribution is 6.31. The van der Waals surface area contributed by atoms with E-state index in [1.165, 1.54) is 18.7 Å². The molecule has 0 atom stereocenters. The fourth-order valence-electron chi connectivity index (χ4n) is 2.17. The van der Waals surface area contributed by atoms with Crippen LogP contribution in [0.1, 0.15) is 25.3 Å². The molecule has 19 heavy (non-hydrogen) atoms. The van der Waals surface area contributed by atoms with Crippen molar-refractivity contribution >= 4 is 17.3 Å². The predicted octanol–water partition coefficient (Wildman–Crippen LogP) is 3.56. The summed E-state index contributed by atoms with van der Waals surface area (Å²) in [6.07, 6.45) is 4.53. The van der Waals surface area contributed by atoms with Crippen molar-refractivity contribution in [2.24, 2.45) is 0 Å². The molecule has 0 aliphatic carbocycles. The number of hydrazine groups is 1. The number of nitrogens with one attached hydrogen (secondary N) is 2. The Bertz CT molecular complexity index is 457. The second-order valence-electron chi connectivity index (χ2n) is 4.99. The molecule has 3 nitrogen and oxygen atoms in total. The molecular weight excluding hydrogens is 258 g/mol. The number of halogens is 1. The van der Waals surface area contributed by atoms with E-state index >= 15 is 0 Å². The van der Waals surface area contributed by atoms with Crippen molar-refractivity contribution in [3.8, 4) is 0 Å². The Morgan fingerprint density at radius 1 is 1.32 bits per heavy atom. The van der Waals surface area contributed by atoms with E-state index in [0.29, 0.717) is 0 Å². The summed E-state index contributed by atoms with van der Waals surface area (Å²) >= 11 is 6.10. The molecule has 0 amide bonds. The van der Waals surface area contributed by atoms with Gasteiger partial charge in [0.15, 0.2) is 0 Å². The lowest BCUT2D eigenvalue weighted by molar-refractivity contribution is 0.291. The summed E-state index contributed by atoms with van der Waals surface area (Å²) in [6, 6.07) is 5.99. The van der Waals surface area contributed by atoms with Gasteiger partial charge in [-0.2, -0.15) is 0 Å². The number of rotatable bonds is 5. The molecule has 1 aliphatic rings. The minimum Gasteiger partial charge on any atom is -0.305 e. The van der Waals surface area contributed by atoms with Crippen molar-refractivity contribution in [2.45, 2.75) is 26.7 Å². The van der Waals surface area contributed by atoms with Gasteiger partial charge >= 0.3 is 0 Å². The lowest BCUT2D eigenvalue weighted by Gasteiger charge is -2.26. The zero-order chi connectivity index (χ0) is 13.7. The van der Waals surface area contributed by atoms with Gasteiger partial charge in [-0.05, 0) is 43.7 Å². The molecule has 2 rings (SSSR count). The molecule has 0 bridgehead atoms. The van der Waals surface area contributed by atoms with Gasteiger partial charge in [-0.3, -0.25) is 4.90 Å². The minimum atomic E-state index is 0.790. The normalized spacial score (nSPS) is 16.1. The van der Waals surface area contributed by atoms with E-state index in [4.69, 9.17) is 11.6 Å². The third-order valence-corrected chi connectivity index (χ3v) is 3.78. The van der Waals surface area contributed by atoms with Crippen LogP contribution in [0.5, 0.6) is 0 Å². The molecule has 2 N–H and O–H groups in total. The maximum absolute atomic E-state index is 6.10. The number of nitrogens with zero attached hydrogens (tertiary/aromatic N) is 1. The van der Waals surface area contributed by atoms with Gasteiger partial charge in [-0.25, -0.2) is 0 Å². The summed E-state index contributed by atoms with van der Waals surface area (Å²) in [5.74, 6) is 0. The van der Waals surface area contributed by atoms with E-state index in [2.05, 4.69) is 28.8 Å². The summed E-state index contributed by atoms with van der Waals surface area (Å²) in [5, 5.41) is 0.790. The molecule has 0 radical (unpaired) electrons. The second kappa shape index (κ2) is 6.83. The Labute approximate surface area is 120 Å². The maximum atomic E-state index is 6.10. The Morgan fingerprint density at radius 3 is 2.79 bits per heavy atom. The number of benzene rings is 1. The Kier molecular flexibility index (Phi) is 5.11. The highest BCUT2D eigenvalue weighted by Crippen LogP contribution is 2.19. The molecule has 4 heteroatoms. The first-order valence-corrected chi connectivity index (χ1v) is 7.26. The Morgan fingerprint density at radius 2 is 2.16 bits per heavy atom. The predicted molar refractivity (Wildman–Crippen MR) is 82.4 cm³/mol. The third-order valence-electron chi connectivity index (χ3n) is 3.37. The zero-order valence-electron chi connectivity index (χ0n) is 11.7. The number of anilines is 1. The fourth-order valence-corrected chi connectivity index (χ4v) is 2.35. The molecule has 0 unspecified atom stereocenters. The van der Waals surface area contributed by atoms with Crippen LogP contribution in [0.15, 0.2) is 30.0 Å². The smallest absolute Gasteiger partial charge is 0.0554 e. The van der Waals surface area contributed by atoms with E-state index in [9.17, 15) is 0 Å². The summed E-state index contributed by atoms with van der Waals surface area (Å²) in [5.41, 5.74) is 9.82. The minimum absolute atomic E-state index is 0.790. The zero-order valence-corrected chi connectivity index (χ0v) is 12.4. The van der Waals surface area contributed by atoms with Gasteiger partial charge in [-0.1, -0.05) is 24.6 Å². The van der Waals surface area contributed by atoms with Crippen molar-refractivity contribution in [1.29, 1.82) is 0 Å². The molecular formula is C15H22ClN3. The summed E-state index contributed by atoms with van der Waals surface area (Å²) in [6.45, 7) is 7.58. The molecule has 0 fully saturated rings. The number of hydrogen-bond acceptors (Lipinski definition) is 3. The van der Waals surface area contributed by atoms with Gasteiger partial charge in [0.2, 0.25) is 0 Å². The van der Waals surface area contributed by atoms with E-state index in [0.717, 1.165) is 35.8 Å². The average molecular weight is 280 g/mol.